The average Bonchev–Trinajstić information content (AvgIpc) is 1.56. The van der Waals surface area contributed by atoms with Crippen LogP contribution in [0.3, 0.4) is 0 Å². The molecule has 3 aromatic heterocycles. The minimum absolute atomic E-state index is 0.348. The molecule has 7 heterocycles. The predicted octanol–water partition coefficient (Wildman–Crippen LogP) is 22.8. The van der Waals surface area contributed by atoms with Crippen molar-refractivity contribution in [2.24, 2.45) is 47.3 Å². The summed E-state index contributed by atoms with van der Waals surface area (Å²) < 4.78 is 48.8. The number of fused-ring (bicyclic) bond motifs is 25. The molecule has 11 rings (SSSR count). The Hall–Kier alpha value is -8.02. The average molecular weight is 1400 g/mol. The molecule has 103 heavy (non-hydrogen) atoms. The summed E-state index contributed by atoms with van der Waals surface area (Å²) in [4.78, 5) is 41.0. The van der Waals surface area contributed by atoms with Crippen LogP contribution < -0.4 is 28.4 Å². The lowest BCUT2D eigenvalue weighted by Gasteiger charge is -2.21. The summed E-state index contributed by atoms with van der Waals surface area (Å²) in [5, 5.41) is 24.2. The maximum absolute atomic E-state index is 10.6. The Bertz CT molecular complexity index is 4000. The van der Waals surface area contributed by atoms with Gasteiger partial charge in [0.2, 0.25) is 0 Å². The second kappa shape index (κ2) is 36.6. The van der Waals surface area contributed by atoms with Crippen molar-refractivity contribution in [3.05, 3.63) is 59.7 Å². The van der Waals surface area contributed by atoms with Crippen molar-refractivity contribution in [2.45, 2.75) is 249 Å². The highest BCUT2D eigenvalue weighted by atomic mass is 16.5. The minimum atomic E-state index is -0.642. The van der Waals surface area contributed by atoms with E-state index in [1.54, 1.807) is 0 Å². The van der Waals surface area contributed by atoms with Crippen molar-refractivity contribution in [2.75, 3.05) is 39.6 Å². The zero-order valence-corrected chi connectivity index (χ0v) is 64.0. The number of nitriles is 2. The maximum atomic E-state index is 10.6. The van der Waals surface area contributed by atoms with Gasteiger partial charge >= 0.3 is 0 Å². The number of ether oxygens (including phenoxy) is 7. The summed E-state index contributed by atoms with van der Waals surface area (Å²) in [6.45, 7) is 30.1. The van der Waals surface area contributed by atoms with Crippen LogP contribution in [0.2, 0.25) is 0 Å². The van der Waals surface area contributed by atoms with Crippen LogP contribution in [0.15, 0.2) is 48.5 Å². The lowest BCUT2D eigenvalue weighted by atomic mass is 9.77. The highest BCUT2D eigenvalue weighted by Crippen LogP contribution is 2.58. The Morgan fingerprint density at radius 2 is 0.553 bits per heavy atom. The number of nitrogens with zero attached hydrogens (tertiary/aromatic N) is 8. The zero-order valence-electron chi connectivity index (χ0n) is 64.0. The van der Waals surface area contributed by atoms with Crippen molar-refractivity contribution in [1.82, 2.24) is 39.9 Å². The molecule has 1 fully saturated rings. The van der Waals surface area contributed by atoms with Crippen molar-refractivity contribution >= 4 is 44.1 Å². The SMILES string of the molecule is CCCCC(CC)COc1cc2c(cc1OCC(CC)CCCC)-c1nc-2nc2[nH]c(nc3nc(nc4[nH]c(n1)c1cc5c(cc41)C1OC5C(C#N)C1C#N)-c1cc(OCC(CC)CCCC)c(OCC(CC)CCCC)cc1-3)c1cc(OCC(CC)CCCC)c(OCC(CC)CCCC)cc21. The number of H-pyrrole nitrogens is 2. The van der Waals surface area contributed by atoms with Gasteiger partial charge in [-0.3, -0.25) is 0 Å². The van der Waals surface area contributed by atoms with Crippen LogP contribution in [-0.4, -0.2) is 79.5 Å². The molecule has 552 valence electrons. The number of aromatic nitrogens is 8. The van der Waals surface area contributed by atoms with E-state index in [9.17, 15) is 10.5 Å². The third-order valence-electron chi connectivity index (χ3n) is 22.6. The number of benzene rings is 4. The number of hydrogen-bond donors (Lipinski definition) is 2. The topological polar surface area (TPSA) is 221 Å². The van der Waals surface area contributed by atoms with Gasteiger partial charge in [0.05, 0.1) is 63.6 Å². The standard InChI is InChI=1S/C86H116N10O7/c1-13-25-31-53(19-7)47-97-71-39-63-65(41-73(71)99-49-55(21-9)33-27-15-3)83-92-81(63)90-79-61-37-59-60(78-70(46-88)69(45-87)77(59)103-78)38-62(61)80(89-79)91-82-64-40-72(98-48-54(20-8)32-26-14-2)74(100-50-56(22-10)34-28-16-4)42-66(64)84(93-82)95-86-68-44-76(102-52-58(24-12)36-30-18-6)75(43-67(68)85(94-83)96-86)101-51-57(23-11)35-29-17-5/h37-44,53-58,69-70,77-78H,13-36,47-52H2,1-12H3,(H2,89,90,91,92,93,94,95,96). The van der Waals surface area contributed by atoms with E-state index in [1.165, 1.54) is 0 Å². The molecule has 2 N–H and O–H groups in total. The first-order chi connectivity index (χ1) is 50.4. The van der Waals surface area contributed by atoms with Gasteiger partial charge in [-0.05, 0) is 134 Å². The van der Waals surface area contributed by atoms with Gasteiger partial charge in [-0.1, -0.05) is 199 Å². The monoisotopic (exact) mass is 1400 g/mol. The van der Waals surface area contributed by atoms with Gasteiger partial charge in [-0.2, -0.15) is 10.5 Å². The van der Waals surface area contributed by atoms with Gasteiger partial charge in [-0.15, -0.1) is 0 Å². The third kappa shape index (κ3) is 17.4. The van der Waals surface area contributed by atoms with E-state index in [2.05, 4.69) is 154 Å². The van der Waals surface area contributed by atoms with Gasteiger partial charge in [0, 0.05) is 43.8 Å². The Kier molecular flexibility index (Phi) is 27.1. The summed E-state index contributed by atoms with van der Waals surface area (Å²) in [5.74, 6) is 6.26. The number of hydrogen-bond acceptors (Lipinski definition) is 15. The van der Waals surface area contributed by atoms with E-state index >= 15 is 0 Å². The molecule has 4 aromatic carbocycles. The summed E-state index contributed by atoms with van der Waals surface area (Å²) in [6.07, 6.45) is 24.5. The summed E-state index contributed by atoms with van der Waals surface area (Å²) in [6, 6.07) is 21.4. The fourth-order valence-corrected chi connectivity index (χ4v) is 15.2. The molecule has 10 atom stereocenters. The Morgan fingerprint density at radius 1 is 0.330 bits per heavy atom. The smallest absolute Gasteiger partial charge is 0.164 e. The normalized spacial score (nSPS) is 17.4. The van der Waals surface area contributed by atoms with Crippen LogP contribution in [0.5, 0.6) is 34.5 Å². The van der Waals surface area contributed by atoms with Crippen molar-refractivity contribution in [1.29, 1.82) is 10.5 Å². The Morgan fingerprint density at radius 3 is 0.767 bits per heavy atom. The molecule has 0 saturated carbocycles. The molecule has 7 aromatic rings. The lowest BCUT2D eigenvalue weighted by Crippen LogP contribution is -2.19. The van der Waals surface area contributed by atoms with E-state index < -0.39 is 24.0 Å². The first-order valence-electron chi connectivity index (χ1n) is 40.2. The van der Waals surface area contributed by atoms with Crippen LogP contribution in [0.4, 0.5) is 0 Å². The summed E-state index contributed by atoms with van der Waals surface area (Å²) >= 11 is 0. The lowest BCUT2D eigenvalue weighted by molar-refractivity contribution is 0.0611. The largest absolute Gasteiger partial charge is 0.489 e. The van der Waals surface area contributed by atoms with E-state index in [0.717, 1.165) is 209 Å². The van der Waals surface area contributed by atoms with Crippen molar-refractivity contribution < 1.29 is 33.2 Å². The molecule has 10 unspecified atom stereocenters. The molecule has 0 amide bonds. The van der Waals surface area contributed by atoms with E-state index in [1.807, 2.05) is 0 Å². The van der Waals surface area contributed by atoms with Gasteiger partial charge in [-0.25, -0.2) is 29.9 Å². The molecule has 4 aliphatic rings. The molecule has 1 saturated heterocycles. The van der Waals surface area contributed by atoms with E-state index in [0.29, 0.717) is 156 Å². The van der Waals surface area contributed by atoms with Crippen LogP contribution in [0, 0.1) is 70.0 Å². The number of unbranched alkanes of at least 4 members (excludes halogenated alkanes) is 6. The Balaban J connectivity index is 1.23. The maximum Gasteiger partial charge on any atom is 0.164 e. The fourth-order valence-electron chi connectivity index (χ4n) is 15.2. The molecule has 17 heteroatoms. The predicted molar refractivity (Wildman–Crippen MR) is 414 cm³/mol. The van der Waals surface area contributed by atoms with Gasteiger partial charge in [0.25, 0.3) is 0 Å². The minimum Gasteiger partial charge on any atom is -0.489 e. The van der Waals surface area contributed by atoms with E-state index in [4.69, 9.17) is 63.1 Å². The molecule has 10 bridgehead atoms. The molecule has 17 nitrogen and oxygen atoms in total. The molecular formula is C86H116N10O7. The van der Waals surface area contributed by atoms with Gasteiger partial charge in [0.1, 0.15) is 34.8 Å². The highest BCUT2D eigenvalue weighted by Gasteiger charge is 2.53. The zero-order chi connectivity index (χ0) is 72.5. The molecular weight excluding hydrogens is 1290 g/mol. The number of aromatic amines is 2. The second-order valence-electron chi connectivity index (χ2n) is 29.8. The van der Waals surface area contributed by atoms with Gasteiger partial charge in [0.15, 0.2) is 57.8 Å². The van der Waals surface area contributed by atoms with Gasteiger partial charge < -0.3 is 43.1 Å². The molecule has 0 radical (unpaired) electrons. The fraction of sp³-hybridized carbons (Fsp3) is 0.605. The molecule has 0 spiro atoms. The van der Waals surface area contributed by atoms with Crippen molar-refractivity contribution in [3.8, 4) is 92.2 Å². The van der Waals surface area contributed by atoms with Crippen LogP contribution >= 0.6 is 0 Å². The van der Waals surface area contributed by atoms with Crippen molar-refractivity contribution in [3.63, 3.8) is 0 Å². The number of rotatable bonds is 42. The summed E-state index contributed by atoms with van der Waals surface area (Å²) in [7, 11) is 0. The molecule has 0 aliphatic carbocycles. The van der Waals surface area contributed by atoms with Crippen LogP contribution in [0.25, 0.3) is 89.7 Å². The summed E-state index contributed by atoms with van der Waals surface area (Å²) in [5.41, 5.74) is 6.58. The highest BCUT2D eigenvalue weighted by molar-refractivity contribution is 6.08. The van der Waals surface area contributed by atoms with E-state index in [-0.39, 0.29) is 0 Å². The number of nitrogens with one attached hydrogen (secondary N) is 2. The van der Waals surface area contributed by atoms with Crippen LogP contribution in [0.1, 0.15) is 261 Å². The molecule has 4 aliphatic heterocycles. The first kappa shape index (κ1) is 76.1. The Labute approximate surface area is 612 Å². The second-order valence-corrected chi connectivity index (χ2v) is 29.8. The first-order valence-corrected chi connectivity index (χ1v) is 40.2. The quantitative estimate of drug-likeness (QED) is 0.0363. The third-order valence-corrected chi connectivity index (χ3v) is 22.6. The van der Waals surface area contributed by atoms with Crippen LogP contribution in [-0.2, 0) is 4.74 Å².